The minimum absolute atomic E-state index is 0.0741. The van der Waals surface area contributed by atoms with Gasteiger partial charge in [0.25, 0.3) is 0 Å². The monoisotopic (exact) mass is 283 g/mol. The van der Waals surface area contributed by atoms with Crippen molar-refractivity contribution in [2.24, 2.45) is 0 Å². The molecule has 0 saturated heterocycles. The Balaban J connectivity index is 4.62. The summed E-state index contributed by atoms with van der Waals surface area (Å²) >= 11 is 0. The molecule has 1 N–H and O–H groups in total. The number of carbonyl (C=O) groups excluding carboxylic acids is 1. The third kappa shape index (κ3) is 6.52. The Morgan fingerprint density at radius 1 is 1.28 bits per heavy atom. The number of carboxylic acids is 1. The third-order valence-corrected chi connectivity index (χ3v) is 3.86. The number of methoxy groups -OCH3 is 2. The SMILES string of the molecule is COCCN(CC(=O)O)S(=O)(=O)CCC(=O)OC. The summed E-state index contributed by atoms with van der Waals surface area (Å²) < 4.78 is 33.4. The van der Waals surface area contributed by atoms with E-state index in [0.29, 0.717) is 0 Å². The van der Waals surface area contributed by atoms with Gasteiger partial charge in [-0.1, -0.05) is 0 Å². The quantitative estimate of drug-likeness (QED) is 0.535. The van der Waals surface area contributed by atoms with E-state index in [1.165, 1.54) is 7.11 Å². The molecule has 0 rings (SSSR count). The third-order valence-electron chi connectivity index (χ3n) is 2.04. The fraction of sp³-hybridized carbons (Fsp3) is 0.778. The first-order valence-electron chi connectivity index (χ1n) is 5.09. The summed E-state index contributed by atoms with van der Waals surface area (Å²) in [6, 6.07) is 0. The van der Waals surface area contributed by atoms with Crippen molar-refractivity contribution in [2.75, 3.05) is 39.7 Å². The predicted octanol–water partition coefficient (Wildman–Crippen LogP) is -1.09. The zero-order valence-corrected chi connectivity index (χ0v) is 11.1. The highest BCUT2D eigenvalue weighted by molar-refractivity contribution is 7.89. The van der Waals surface area contributed by atoms with E-state index in [1.807, 2.05) is 0 Å². The highest BCUT2D eigenvalue weighted by Gasteiger charge is 2.25. The lowest BCUT2D eigenvalue weighted by atomic mass is 10.5. The molecule has 0 fully saturated rings. The molecule has 0 unspecified atom stereocenters. The topological polar surface area (TPSA) is 110 Å². The molecule has 0 aromatic rings. The summed E-state index contributed by atoms with van der Waals surface area (Å²) in [5.41, 5.74) is 0. The van der Waals surface area contributed by atoms with Crippen LogP contribution in [0.4, 0.5) is 0 Å². The van der Waals surface area contributed by atoms with Crippen LogP contribution in [0.15, 0.2) is 0 Å². The second kappa shape index (κ2) is 8.01. The van der Waals surface area contributed by atoms with Crippen molar-refractivity contribution in [3.05, 3.63) is 0 Å². The average molecular weight is 283 g/mol. The summed E-state index contributed by atoms with van der Waals surface area (Å²) in [6.07, 6.45) is -0.318. The summed E-state index contributed by atoms with van der Waals surface area (Å²) in [7, 11) is -1.30. The molecule has 0 aliphatic heterocycles. The van der Waals surface area contributed by atoms with Crippen molar-refractivity contribution in [2.45, 2.75) is 6.42 Å². The molecule has 0 aliphatic rings. The van der Waals surface area contributed by atoms with E-state index in [2.05, 4.69) is 4.74 Å². The Hall–Kier alpha value is -1.19. The number of esters is 1. The Bertz CT molecular complexity index is 378. The fourth-order valence-corrected chi connectivity index (χ4v) is 2.45. The maximum absolute atomic E-state index is 11.8. The molecule has 0 heterocycles. The van der Waals surface area contributed by atoms with Crippen molar-refractivity contribution in [1.29, 1.82) is 0 Å². The highest BCUT2D eigenvalue weighted by Crippen LogP contribution is 2.04. The Morgan fingerprint density at radius 3 is 2.33 bits per heavy atom. The van der Waals surface area contributed by atoms with Crippen LogP contribution < -0.4 is 0 Å². The Labute approximate surface area is 106 Å². The zero-order valence-electron chi connectivity index (χ0n) is 10.3. The van der Waals surface area contributed by atoms with E-state index in [0.717, 1.165) is 11.4 Å². The molecule has 0 radical (unpaired) electrons. The van der Waals surface area contributed by atoms with E-state index >= 15 is 0 Å². The lowest BCUT2D eigenvalue weighted by Gasteiger charge is -2.19. The first-order chi connectivity index (χ1) is 8.33. The van der Waals surface area contributed by atoms with Crippen LogP contribution in [0, 0.1) is 0 Å². The summed E-state index contributed by atoms with van der Waals surface area (Å²) in [5, 5.41) is 8.63. The maximum atomic E-state index is 11.8. The van der Waals surface area contributed by atoms with Crippen molar-refractivity contribution in [1.82, 2.24) is 4.31 Å². The number of aliphatic carboxylic acids is 1. The van der Waals surface area contributed by atoms with Crippen LogP contribution in [-0.4, -0.2) is 69.4 Å². The molecular formula is C9H17NO7S. The van der Waals surface area contributed by atoms with E-state index < -0.39 is 34.3 Å². The van der Waals surface area contributed by atoms with Crippen LogP contribution in [-0.2, 0) is 29.1 Å². The van der Waals surface area contributed by atoms with Gasteiger partial charge in [0.05, 0.1) is 25.9 Å². The van der Waals surface area contributed by atoms with Crippen LogP contribution >= 0.6 is 0 Å². The minimum atomic E-state index is -3.82. The normalized spacial score (nSPS) is 11.5. The van der Waals surface area contributed by atoms with Gasteiger partial charge in [0.2, 0.25) is 10.0 Å². The zero-order chi connectivity index (χ0) is 14.2. The van der Waals surface area contributed by atoms with Crippen LogP contribution in [0.3, 0.4) is 0 Å². The standard InChI is InChI=1S/C9H17NO7S/c1-16-5-4-10(7-8(11)12)18(14,15)6-3-9(13)17-2/h3-7H2,1-2H3,(H,11,12). The first kappa shape index (κ1) is 16.8. The molecule has 106 valence electrons. The number of carbonyl (C=O) groups is 2. The molecule has 9 heteroatoms. The first-order valence-corrected chi connectivity index (χ1v) is 6.69. The minimum Gasteiger partial charge on any atom is -0.480 e. The molecule has 0 amide bonds. The Kier molecular flexibility index (Phi) is 7.48. The predicted molar refractivity (Wildman–Crippen MR) is 61.5 cm³/mol. The van der Waals surface area contributed by atoms with Gasteiger partial charge in [-0.25, -0.2) is 8.42 Å². The van der Waals surface area contributed by atoms with Gasteiger partial charge in [-0.3, -0.25) is 9.59 Å². The van der Waals surface area contributed by atoms with Gasteiger partial charge in [0.1, 0.15) is 6.54 Å². The molecule has 0 aliphatic carbocycles. The van der Waals surface area contributed by atoms with Gasteiger partial charge < -0.3 is 14.6 Å². The largest absolute Gasteiger partial charge is 0.480 e. The van der Waals surface area contributed by atoms with E-state index in [4.69, 9.17) is 9.84 Å². The van der Waals surface area contributed by atoms with Crippen LogP contribution in [0.1, 0.15) is 6.42 Å². The van der Waals surface area contributed by atoms with Gasteiger partial charge in [-0.05, 0) is 0 Å². The van der Waals surface area contributed by atoms with E-state index in [9.17, 15) is 18.0 Å². The van der Waals surface area contributed by atoms with Crippen LogP contribution in [0.5, 0.6) is 0 Å². The number of hydrogen-bond acceptors (Lipinski definition) is 6. The molecule has 0 saturated carbocycles. The summed E-state index contributed by atoms with van der Waals surface area (Å²) in [5.74, 6) is -2.43. The van der Waals surface area contributed by atoms with Crippen molar-refractivity contribution in [3.63, 3.8) is 0 Å². The molecule has 8 nitrogen and oxygen atoms in total. The van der Waals surface area contributed by atoms with E-state index in [-0.39, 0.29) is 19.6 Å². The number of nitrogens with zero attached hydrogens (tertiary/aromatic N) is 1. The number of ether oxygens (including phenoxy) is 2. The molecule has 0 aromatic heterocycles. The van der Waals surface area contributed by atoms with E-state index in [1.54, 1.807) is 0 Å². The lowest BCUT2D eigenvalue weighted by molar-refractivity contribution is -0.140. The average Bonchev–Trinajstić information content (AvgIpc) is 2.30. The highest BCUT2D eigenvalue weighted by atomic mass is 32.2. The molecule has 0 atom stereocenters. The van der Waals surface area contributed by atoms with Crippen molar-refractivity contribution >= 4 is 22.0 Å². The fourth-order valence-electron chi connectivity index (χ4n) is 1.10. The van der Waals surface area contributed by atoms with Gasteiger partial charge >= 0.3 is 11.9 Å². The van der Waals surface area contributed by atoms with Gasteiger partial charge in [0, 0.05) is 13.7 Å². The van der Waals surface area contributed by atoms with Gasteiger partial charge in [-0.2, -0.15) is 4.31 Å². The summed E-state index contributed by atoms with van der Waals surface area (Å²) in [4.78, 5) is 21.4. The number of rotatable bonds is 9. The molecular weight excluding hydrogens is 266 g/mol. The molecule has 0 spiro atoms. The van der Waals surface area contributed by atoms with Crippen LogP contribution in [0.2, 0.25) is 0 Å². The second-order valence-corrected chi connectivity index (χ2v) is 5.45. The smallest absolute Gasteiger partial charge is 0.318 e. The lowest BCUT2D eigenvalue weighted by Crippen LogP contribution is -2.39. The number of carboxylic acid groups (broad SMARTS) is 1. The molecule has 0 bridgehead atoms. The van der Waals surface area contributed by atoms with Gasteiger partial charge in [0.15, 0.2) is 0 Å². The van der Waals surface area contributed by atoms with Crippen LogP contribution in [0.25, 0.3) is 0 Å². The molecule has 18 heavy (non-hydrogen) atoms. The van der Waals surface area contributed by atoms with Crippen molar-refractivity contribution in [3.8, 4) is 0 Å². The summed E-state index contributed by atoms with van der Waals surface area (Å²) in [6.45, 7) is -0.663. The van der Waals surface area contributed by atoms with Gasteiger partial charge in [-0.15, -0.1) is 0 Å². The number of hydrogen-bond donors (Lipinski definition) is 1. The number of sulfonamides is 1. The molecule has 0 aromatic carbocycles. The maximum Gasteiger partial charge on any atom is 0.318 e. The second-order valence-electron chi connectivity index (χ2n) is 3.36. The Morgan fingerprint density at radius 2 is 1.89 bits per heavy atom. The van der Waals surface area contributed by atoms with Crippen molar-refractivity contribution < 1.29 is 32.6 Å².